The van der Waals surface area contributed by atoms with E-state index in [1.807, 2.05) is 42.5 Å². The molecular weight excluding hydrogens is 399 g/mol. The van der Waals surface area contributed by atoms with Gasteiger partial charge in [0.05, 0.1) is 0 Å². The molecule has 3 aromatic rings. The quantitative estimate of drug-likeness (QED) is 0.351. The third-order valence-electron chi connectivity index (χ3n) is 4.04. The van der Waals surface area contributed by atoms with Crippen LogP contribution < -0.4 is 4.74 Å². The van der Waals surface area contributed by atoms with Crippen molar-refractivity contribution in [2.24, 2.45) is 0 Å². The summed E-state index contributed by atoms with van der Waals surface area (Å²) in [5, 5.41) is 3.00. The van der Waals surface area contributed by atoms with E-state index in [-0.39, 0.29) is 31.2 Å². The van der Waals surface area contributed by atoms with Crippen LogP contribution in [0.1, 0.15) is 24.8 Å². The highest BCUT2D eigenvalue weighted by atomic mass is 35.5. The molecule has 0 atom stereocenters. The molecule has 0 saturated carbocycles. The van der Waals surface area contributed by atoms with Crippen LogP contribution in [-0.4, -0.2) is 11.9 Å². The monoisotopic (exact) mass is 416 g/mol. The predicted octanol–water partition coefficient (Wildman–Crippen LogP) is 5.97. The molecule has 0 aliphatic carbocycles. The molecule has 0 fully saturated rings. The second kappa shape index (κ2) is 9.58. The van der Waals surface area contributed by atoms with Crippen molar-refractivity contribution in [2.75, 3.05) is 0 Å². The standard InChI is InChI=1S/C22H18Cl2O4/c23-18-11-19(24)13-20(12-18)28-22(26)7-3-6-21(25)27-14-15-8-9-16-4-1-2-5-17(16)10-15/h1-2,4-5,8-13H,3,6-7,14H2. The minimum atomic E-state index is -0.458. The van der Waals surface area contributed by atoms with Crippen LogP contribution in [0.4, 0.5) is 0 Å². The van der Waals surface area contributed by atoms with Gasteiger partial charge < -0.3 is 9.47 Å². The lowest BCUT2D eigenvalue weighted by molar-refractivity contribution is -0.145. The van der Waals surface area contributed by atoms with Crippen LogP contribution in [-0.2, 0) is 20.9 Å². The van der Waals surface area contributed by atoms with Crippen LogP contribution in [0, 0.1) is 0 Å². The highest BCUT2D eigenvalue weighted by Crippen LogP contribution is 2.24. The maximum Gasteiger partial charge on any atom is 0.311 e. The molecule has 3 rings (SSSR count). The third-order valence-corrected chi connectivity index (χ3v) is 4.48. The van der Waals surface area contributed by atoms with E-state index in [4.69, 9.17) is 32.7 Å². The normalized spacial score (nSPS) is 10.6. The number of carbonyl (C=O) groups excluding carboxylic acids is 2. The average molecular weight is 417 g/mol. The van der Waals surface area contributed by atoms with Gasteiger partial charge in [-0.05, 0) is 47.0 Å². The van der Waals surface area contributed by atoms with Gasteiger partial charge in [0, 0.05) is 22.9 Å². The summed E-state index contributed by atoms with van der Waals surface area (Å²) in [6, 6.07) is 18.5. The van der Waals surface area contributed by atoms with Gasteiger partial charge in [-0.15, -0.1) is 0 Å². The van der Waals surface area contributed by atoms with Gasteiger partial charge >= 0.3 is 11.9 Å². The highest BCUT2D eigenvalue weighted by Gasteiger charge is 2.10. The van der Waals surface area contributed by atoms with Crippen molar-refractivity contribution >= 4 is 45.9 Å². The van der Waals surface area contributed by atoms with E-state index < -0.39 is 5.97 Å². The van der Waals surface area contributed by atoms with Crippen LogP contribution in [0.2, 0.25) is 10.0 Å². The summed E-state index contributed by atoms with van der Waals surface area (Å²) in [7, 11) is 0. The zero-order chi connectivity index (χ0) is 19.9. The summed E-state index contributed by atoms with van der Waals surface area (Å²) in [5.41, 5.74) is 0.921. The molecule has 6 heteroatoms. The number of hydrogen-bond donors (Lipinski definition) is 0. The van der Waals surface area contributed by atoms with Crippen molar-refractivity contribution in [3.05, 3.63) is 76.3 Å². The van der Waals surface area contributed by atoms with E-state index in [1.54, 1.807) is 6.07 Å². The fourth-order valence-corrected chi connectivity index (χ4v) is 3.22. The molecule has 0 bridgehead atoms. The first kappa shape index (κ1) is 20.2. The van der Waals surface area contributed by atoms with E-state index in [9.17, 15) is 9.59 Å². The summed E-state index contributed by atoms with van der Waals surface area (Å²) in [6.07, 6.45) is 0.567. The lowest BCUT2D eigenvalue weighted by Crippen LogP contribution is -2.10. The Kier molecular flexibility index (Phi) is 6.90. The first-order valence-corrected chi connectivity index (χ1v) is 9.55. The SMILES string of the molecule is O=C(CCCC(=O)Oc1cc(Cl)cc(Cl)c1)OCc1ccc2ccccc2c1. The molecular formula is C22H18Cl2O4. The Bertz CT molecular complexity index is 980. The number of carbonyl (C=O) groups is 2. The molecule has 0 N–H and O–H groups in total. The van der Waals surface area contributed by atoms with Gasteiger partial charge in [0.25, 0.3) is 0 Å². The molecule has 0 spiro atoms. The molecule has 144 valence electrons. The maximum atomic E-state index is 11.9. The van der Waals surface area contributed by atoms with Gasteiger partial charge in [-0.3, -0.25) is 9.59 Å². The van der Waals surface area contributed by atoms with E-state index in [1.165, 1.54) is 12.1 Å². The number of ether oxygens (including phenoxy) is 2. The van der Waals surface area contributed by atoms with E-state index in [0.29, 0.717) is 16.5 Å². The zero-order valence-corrected chi connectivity index (χ0v) is 16.5. The van der Waals surface area contributed by atoms with Crippen molar-refractivity contribution in [2.45, 2.75) is 25.9 Å². The number of fused-ring (bicyclic) bond motifs is 1. The van der Waals surface area contributed by atoms with Crippen LogP contribution in [0.5, 0.6) is 5.75 Å². The molecule has 0 unspecified atom stereocenters. The molecule has 0 aliphatic heterocycles. The van der Waals surface area contributed by atoms with Crippen LogP contribution in [0.15, 0.2) is 60.7 Å². The number of esters is 2. The van der Waals surface area contributed by atoms with Gasteiger partial charge in [-0.1, -0.05) is 59.6 Å². The van der Waals surface area contributed by atoms with Crippen LogP contribution >= 0.6 is 23.2 Å². The smallest absolute Gasteiger partial charge is 0.311 e. The van der Waals surface area contributed by atoms with Crippen molar-refractivity contribution in [3.8, 4) is 5.75 Å². The van der Waals surface area contributed by atoms with E-state index in [0.717, 1.165) is 16.3 Å². The Labute approximate surface area is 173 Å². The Morgan fingerprint density at radius 1 is 0.786 bits per heavy atom. The van der Waals surface area contributed by atoms with E-state index in [2.05, 4.69) is 0 Å². The van der Waals surface area contributed by atoms with Gasteiger partial charge in [0.1, 0.15) is 12.4 Å². The fraction of sp³-hybridized carbons (Fsp3) is 0.182. The Morgan fingerprint density at radius 2 is 1.46 bits per heavy atom. The minimum absolute atomic E-state index is 0.0925. The minimum Gasteiger partial charge on any atom is -0.461 e. The topological polar surface area (TPSA) is 52.6 Å². The van der Waals surface area contributed by atoms with Crippen molar-refractivity contribution in [3.63, 3.8) is 0 Å². The van der Waals surface area contributed by atoms with Gasteiger partial charge in [-0.25, -0.2) is 0 Å². The average Bonchev–Trinajstić information content (AvgIpc) is 2.65. The molecule has 0 saturated heterocycles. The second-order valence-corrected chi connectivity index (χ2v) is 7.15. The second-order valence-electron chi connectivity index (χ2n) is 6.27. The highest BCUT2D eigenvalue weighted by molar-refractivity contribution is 6.34. The molecule has 4 nitrogen and oxygen atoms in total. The number of benzene rings is 3. The van der Waals surface area contributed by atoms with Gasteiger partial charge in [0.15, 0.2) is 0 Å². The molecule has 0 aliphatic rings. The first-order valence-electron chi connectivity index (χ1n) is 8.80. The Morgan fingerprint density at radius 3 is 2.21 bits per heavy atom. The number of hydrogen-bond acceptors (Lipinski definition) is 4. The number of rotatable bonds is 7. The molecule has 0 aromatic heterocycles. The summed E-state index contributed by atoms with van der Waals surface area (Å²) >= 11 is 11.7. The largest absolute Gasteiger partial charge is 0.461 e. The molecule has 28 heavy (non-hydrogen) atoms. The summed E-state index contributed by atoms with van der Waals surface area (Å²) in [5.74, 6) is -0.534. The van der Waals surface area contributed by atoms with Crippen molar-refractivity contribution in [1.82, 2.24) is 0 Å². The van der Waals surface area contributed by atoms with Gasteiger partial charge in [-0.2, -0.15) is 0 Å². The first-order chi connectivity index (χ1) is 13.5. The Hall–Kier alpha value is -2.56. The summed E-state index contributed by atoms with van der Waals surface area (Å²) in [6.45, 7) is 0.203. The summed E-state index contributed by atoms with van der Waals surface area (Å²) < 4.78 is 10.5. The van der Waals surface area contributed by atoms with Crippen LogP contribution in [0.25, 0.3) is 10.8 Å². The van der Waals surface area contributed by atoms with Crippen LogP contribution in [0.3, 0.4) is 0 Å². The lowest BCUT2D eigenvalue weighted by atomic mass is 10.1. The van der Waals surface area contributed by atoms with Gasteiger partial charge in [0.2, 0.25) is 0 Å². The zero-order valence-electron chi connectivity index (χ0n) is 15.0. The Balaban J connectivity index is 1.40. The van der Waals surface area contributed by atoms with E-state index >= 15 is 0 Å². The maximum absolute atomic E-state index is 11.9. The fourth-order valence-electron chi connectivity index (χ4n) is 2.71. The molecule has 0 radical (unpaired) electrons. The number of halogens is 2. The predicted molar refractivity (Wildman–Crippen MR) is 110 cm³/mol. The third kappa shape index (κ3) is 5.98. The van der Waals surface area contributed by atoms with Crippen molar-refractivity contribution in [1.29, 1.82) is 0 Å². The summed E-state index contributed by atoms with van der Waals surface area (Å²) in [4.78, 5) is 23.8. The molecule has 3 aromatic carbocycles. The molecule has 0 heterocycles. The van der Waals surface area contributed by atoms with Crippen molar-refractivity contribution < 1.29 is 19.1 Å². The lowest BCUT2D eigenvalue weighted by Gasteiger charge is -2.07. The molecule has 0 amide bonds.